The fraction of sp³-hybridized carbons (Fsp3) is 0.625. The molecule has 0 aromatic heterocycles. The van der Waals surface area contributed by atoms with Gasteiger partial charge in [-0.15, -0.1) is 0 Å². The van der Waals surface area contributed by atoms with Crippen molar-refractivity contribution in [1.29, 1.82) is 0 Å². The molecule has 8 heteroatoms. The number of carbonyl (C=O) groups excluding carboxylic acids is 1. The van der Waals surface area contributed by atoms with Crippen molar-refractivity contribution in [2.45, 2.75) is 24.3 Å². The summed E-state index contributed by atoms with van der Waals surface area (Å²) in [5, 5.41) is 22.6. The average molecular weight is 264 g/mol. The van der Waals surface area contributed by atoms with Gasteiger partial charge >= 0.3 is 5.97 Å². The van der Waals surface area contributed by atoms with Gasteiger partial charge in [0.2, 0.25) is 5.91 Å². The van der Waals surface area contributed by atoms with Crippen molar-refractivity contribution in [3.05, 3.63) is 0 Å². The monoisotopic (exact) mass is 264 g/mol. The number of aliphatic hydroxyl groups is 1. The van der Waals surface area contributed by atoms with Crippen LogP contribution in [-0.2, 0) is 9.59 Å². The molecule has 0 aliphatic carbocycles. The highest BCUT2D eigenvalue weighted by Crippen LogP contribution is 2.18. The standard InChI is InChI=1S/C8H12N2O4S2/c1-3(11)5(7(13)14)9-2-4-6(12)10-8(15)16-4/h3-5,9,11H,2H2,1H3,(H,13,14)(H,10,12,15). The van der Waals surface area contributed by atoms with Gasteiger partial charge in [-0.3, -0.25) is 9.59 Å². The Morgan fingerprint density at radius 1 is 1.75 bits per heavy atom. The number of aliphatic hydroxyl groups excluding tert-OH is 1. The van der Waals surface area contributed by atoms with Crippen LogP contribution in [0, 0.1) is 0 Å². The summed E-state index contributed by atoms with van der Waals surface area (Å²) in [7, 11) is 0. The third kappa shape index (κ3) is 3.41. The van der Waals surface area contributed by atoms with Gasteiger partial charge in [0, 0.05) is 6.54 Å². The van der Waals surface area contributed by atoms with Crippen LogP contribution in [0.15, 0.2) is 0 Å². The first-order valence-corrected chi connectivity index (χ1v) is 5.86. The van der Waals surface area contributed by atoms with E-state index < -0.39 is 23.4 Å². The molecule has 1 aliphatic heterocycles. The third-order valence-electron chi connectivity index (χ3n) is 2.04. The summed E-state index contributed by atoms with van der Waals surface area (Å²) < 4.78 is 0.390. The largest absolute Gasteiger partial charge is 0.480 e. The number of aliphatic carboxylic acids is 1. The molecule has 0 radical (unpaired) electrons. The summed E-state index contributed by atoms with van der Waals surface area (Å²) in [5.41, 5.74) is 0. The zero-order valence-electron chi connectivity index (χ0n) is 8.47. The first kappa shape index (κ1) is 13.4. The van der Waals surface area contributed by atoms with E-state index in [2.05, 4.69) is 10.6 Å². The molecule has 1 fully saturated rings. The van der Waals surface area contributed by atoms with Crippen molar-refractivity contribution in [2.24, 2.45) is 0 Å². The quantitative estimate of drug-likeness (QED) is 0.469. The lowest BCUT2D eigenvalue weighted by Crippen LogP contribution is -2.48. The summed E-state index contributed by atoms with van der Waals surface area (Å²) >= 11 is 5.97. The van der Waals surface area contributed by atoms with Crippen LogP contribution in [0.25, 0.3) is 0 Å². The van der Waals surface area contributed by atoms with Crippen molar-refractivity contribution in [3.8, 4) is 0 Å². The van der Waals surface area contributed by atoms with Crippen molar-refractivity contribution < 1.29 is 19.8 Å². The molecule has 0 aromatic rings. The Labute approximate surface area is 102 Å². The molecule has 90 valence electrons. The Morgan fingerprint density at radius 2 is 2.38 bits per heavy atom. The molecule has 0 bridgehead atoms. The summed E-state index contributed by atoms with van der Waals surface area (Å²) in [6.45, 7) is 1.52. The molecule has 1 aliphatic rings. The number of hydrogen-bond donors (Lipinski definition) is 4. The lowest BCUT2D eigenvalue weighted by molar-refractivity contribution is -0.142. The second-order valence-electron chi connectivity index (χ2n) is 3.35. The van der Waals surface area contributed by atoms with Crippen molar-refractivity contribution >= 4 is 40.2 Å². The van der Waals surface area contributed by atoms with E-state index in [1.54, 1.807) is 0 Å². The molecule has 1 amide bonds. The summed E-state index contributed by atoms with van der Waals surface area (Å²) in [4.78, 5) is 22.0. The molecular formula is C8H12N2O4S2. The molecule has 4 N–H and O–H groups in total. The Kier molecular flexibility index (Phi) is 4.66. The van der Waals surface area contributed by atoms with E-state index in [0.717, 1.165) is 0 Å². The SMILES string of the molecule is CC(O)C(NCC1SC(=S)NC1=O)C(=O)O. The molecule has 3 atom stereocenters. The van der Waals surface area contributed by atoms with Gasteiger partial charge in [0.05, 0.1) is 6.10 Å². The van der Waals surface area contributed by atoms with Gasteiger partial charge in [-0.25, -0.2) is 0 Å². The highest BCUT2D eigenvalue weighted by Gasteiger charge is 2.31. The second-order valence-corrected chi connectivity index (χ2v) is 5.23. The number of carboxylic acids is 1. The van der Waals surface area contributed by atoms with E-state index in [1.807, 2.05) is 0 Å². The van der Waals surface area contributed by atoms with E-state index in [0.29, 0.717) is 4.32 Å². The van der Waals surface area contributed by atoms with E-state index >= 15 is 0 Å². The first-order chi connectivity index (χ1) is 7.41. The molecule has 1 rings (SSSR count). The maximum Gasteiger partial charge on any atom is 0.323 e. The normalized spacial score (nSPS) is 24.0. The average Bonchev–Trinajstić information content (AvgIpc) is 2.44. The Balaban J connectivity index is 2.47. The van der Waals surface area contributed by atoms with Crippen molar-refractivity contribution in [3.63, 3.8) is 0 Å². The number of rotatable bonds is 5. The number of thioether (sulfide) groups is 1. The third-order valence-corrected chi connectivity index (χ3v) is 3.41. The highest BCUT2D eigenvalue weighted by atomic mass is 32.2. The van der Waals surface area contributed by atoms with E-state index in [1.165, 1.54) is 18.7 Å². The summed E-state index contributed by atoms with van der Waals surface area (Å²) in [6.07, 6.45) is -1.03. The maximum absolute atomic E-state index is 11.3. The van der Waals surface area contributed by atoms with Gasteiger partial charge in [0.1, 0.15) is 15.6 Å². The minimum Gasteiger partial charge on any atom is -0.480 e. The smallest absolute Gasteiger partial charge is 0.323 e. The van der Waals surface area contributed by atoms with Crippen LogP contribution in [0.1, 0.15) is 6.92 Å². The molecule has 0 aromatic carbocycles. The van der Waals surface area contributed by atoms with Crippen LogP contribution in [0.5, 0.6) is 0 Å². The van der Waals surface area contributed by atoms with Gasteiger partial charge in [0.15, 0.2) is 0 Å². The predicted octanol–water partition coefficient (Wildman–Crippen LogP) is -1.07. The fourth-order valence-corrected chi connectivity index (χ4v) is 2.44. The van der Waals surface area contributed by atoms with Crippen LogP contribution < -0.4 is 10.6 Å². The molecule has 3 unspecified atom stereocenters. The molecule has 1 heterocycles. The Morgan fingerprint density at radius 3 is 2.75 bits per heavy atom. The number of nitrogens with one attached hydrogen (secondary N) is 2. The predicted molar refractivity (Wildman–Crippen MR) is 63.2 cm³/mol. The zero-order valence-corrected chi connectivity index (χ0v) is 10.1. The molecule has 0 spiro atoms. The zero-order chi connectivity index (χ0) is 12.3. The van der Waals surface area contributed by atoms with Crippen LogP contribution >= 0.6 is 24.0 Å². The maximum atomic E-state index is 11.3. The van der Waals surface area contributed by atoms with Gasteiger partial charge < -0.3 is 20.8 Å². The number of hydrogen-bond acceptors (Lipinski definition) is 6. The minimum absolute atomic E-state index is 0.151. The van der Waals surface area contributed by atoms with Gasteiger partial charge in [0.25, 0.3) is 0 Å². The van der Waals surface area contributed by atoms with Crippen LogP contribution in [0.4, 0.5) is 0 Å². The highest BCUT2D eigenvalue weighted by molar-refractivity contribution is 8.24. The number of amides is 1. The van der Waals surface area contributed by atoms with E-state index in [9.17, 15) is 14.7 Å². The minimum atomic E-state index is -1.15. The van der Waals surface area contributed by atoms with Crippen molar-refractivity contribution in [1.82, 2.24) is 10.6 Å². The first-order valence-electron chi connectivity index (χ1n) is 4.57. The molecular weight excluding hydrogens is 252 g/mol. The van der Waals surface area contributed by atoms with Crippen LogP contribution in [0.3, 0.4) is 0 Å². The lowest BCUT2D eigenvalue weighted by Gasteiger charge is -2.18. The van der Waals surface area contributed by atoms with E-state index in [-0.39, 0.29) is 12.5 Å². The molecule has 1 saturated heterocycles. The summed E-state index contributed by atoms with van der Waals surface area (Å²) in [5.74, 6) is -1.39. The summed E-state index contributed by atoms with van der Waals surface area (Å²) in [6, 6.07) is -1.08. The Hall–Kier alpha value is -0.700. The second kappa shape index (κ2) is 5.58. The number of thiocarbonyl (C=S) groups is 1. The Bertz CT molecular complexity index is 321. The van der Waals surface area contributed by atoms with Crippen molar-refractivity contribution in [2.75, 3.05) is 6.54 Å². The molecule has 16 heavy (non-hydrogen) atoms. The lowest BCUT2D eigenvalue weighted by atomic mass is 10.2. The molecule has 6 nitrogen and oxygen atoms in total. The van der Waals surface area contributed by atoms with Crippen LogP contribution in [-0.4, -0.2) is 50.4 Å². The number of carbonyl (C=O) groups is 2. The van der Waals surface area contributed by atoms with E-state index in [4.69, 9.17) is 17.3 Å². The van der Waals surface area contributed by atoms with Crippen LogP contribution in [0.2, 0.25) is 0 Å². The van der Waals surface area contributed by atoms with Gasteiger partial charge in [-0.1, -0.05) is 24.0 Å². The van der Waals surface area contributed by atoms with Gasteiger partial charge in [-0.05, 0) is 6.92 Å². The molecule has 0 saturated carbocycles. The fourth-order valence-electron chi connectivity index (χ4n) is 1.23. The van der Waals surface area contributed by atoms with Gasteiger partial charge in [-0.2, -0.15) is 0 Å². The topological polar surface area (TPSA) is 98.7 Å². The number of carboxylic acid groups (broad SMARTS) is 1.